The number of likely N-dealkylation sites (tertiary alicyclic amines) is 1. The second-order valence-corrected chi connectivity index (χ2v) is 7.98. The maximum atomic E-state index is 12.0. The minimum atomic E-state index is -3.30. The van der Waals surface area contributed by atoms with Crippen molar-refractivity contribution in [3.8, 4) is 0 Å². The number of carbonyl (C=O) groups excluding carboxylic acids is 2. The summed E-state index contributed by atoms with van der Waals surface area (Å²) in [6, 6.07) is 5.46. The van der Waals surface area contributed by atoms with E-state index in [0.29, 0.717) is 19.0 Å². The highest BCUT2D eigenvalue weighted by Gasteiger charge is 2.22. The highest BCUT2D eigenvalue weighted by Crippen LogP contribution is 2.16. The van der Waals surface area contributed by atoms with Crippen molar-refractivity contribution in [1.29, 1.82) is 0 Å². The quantitative estimate of drug-likeness (QED) is 0.777. The molecule has 0 saturated carbocycles. The van der Waals surface area contributed by atoms with Crippen LogP contribution >= 0.6 is 0 Å². The second-order valence-electron chi connectivity index (χ2n) is 5.96. The summed E-state index contributed by atoms with van der Waals surface area (Å²) in [6.45, 7) is 3.19. The van der Waals surface area contributed by atoms with Crippen LogP contribution in [0.3, 0.4) is 0 Å². The van der Waals surface area contributed by atoms with E-state index >= 15 is 0 Å². The number of esters is 1. The highest BCUT2D eigenvalue weighted by atomic mass is 32.2. The summed E-state index contributed by atoms with van der Waals surface area (Å²) in [5, 5.41) is 0. The van der Waals surface area contributed by atoms with Crippen LogP contribution < -0.4 is 0 Å². The number of nitrogens with zero attached hydrogens (tertiary/aromatic N) is 1. The van der Waals surface area contributed by atoms with Crippen molar-refractivity contribution in [2.45, 2.75) is 24.7 Å². The molecule has 1 aliphatic rings. The van der Waals surface area contributed by atoms with Gasteiger partial charge in [-0.05, 0) is 43.0 Å². The molecule has 0 bridgehead atoms. The van der Waals surface area contributed by atoms with Gasteiger partial charge in [-0.1, -0.05) is 6.92 Å². The van der Waals surface area contributed by atoms with Gasteiger partial charge in [-0.25, -0.2) is 13.2 Å². The topological polar surface area (TPSA) is 80.8 Å². The summed E-state index contributed by atoms with van der Waals surface area (Å²) >= 11 is 0. The number of rotatable bonds is 4. The van der Waals surface area contributed by atoms with Gasteiger partial charge in [-0.2, -0.15) is 0 Å². The van der Waals surface area contributed by atoms with Crippen LogP contribution in [0.15, 0.2) is 29.2 Å². The number of ether oxygens (including phenoxy) is 1. The lowest BCUT2D eigenvalue weighted by atomic mass is 10.0. The highest BCUT2D eigenvalue weighted by molar-refractivity contribution is 7.90. The number of carbonyl (C=O) groups is 2. The van der Waals surface area contributed by atoms with Crippen LogP contribution in [0.4, 0.5) is 0 Å². The molecule has 1 unspecified atom stereocenters. The normalized spacial score (nSPS) is 18.5. The summed E-state index contributed by atoms with van der Waals surface area (Å²) < 4.78 is 27.8. The Labute approximate surface area is 136 Å². The van der Waals surface area contributed by atoms with Crippen molar-refractivity contribution in [3.05, 3.63) is 29.8 Å². The molecule has 0 N–H and O–H groups in total. The van der Waals surface area contributed by atoms with Gasteiger partial charge in [-0.15, -0.1) is 0 Å². The Kier molecular flexibility index (Phi) is 5.41. The lowest BCUT2D eigenvalue weighted by molar-refractivity contribution is -0.136. The lowest BCUT2D eigenvalue weighted by Gasteiger charge is -2.30. The van der Waals surface area contributed by atoms with Gasteiger partial charge in [0.1, 0.15) is 0 Å². The van der Waals surface area contributed by atoms with E-state index in [1.54, 1.807) is 4.90 Å². The number of sulfone groups is 1. The van der Waals surface area contributed by atoms with Gasteiger partial charge in [0.25, 0.3) is 5.91 Å². The van der Waals surface area contributed by atoms with Gasteiger partial charge in [-0.3, -0.25) is 4.79 Å². The van der Waals surface area contributed by atoms with E-state index in [1.807, 2.05) is 0 Å². The number of benzene rings is 1. The molecule has 2 rings (SSSR count). The maximum Gasteiger partial charge on any atom is 0.338 e. The van der Waals surface area contributed by atoms with E-state index < -0.39 is 15.8 Å². The molecule has 1 amide bonds. The summed E-state index contributed by atoms with van der Waals surface area (Å²) in [5.41, 5.74) is 0.220. The van der Waals surface area contributed by atoms with Crippen LogP contribution in [0.2, 0.25) is 0 Å². The largest absolute Gasteiger partial charge is 0.452 e. The van der Waals surface area contributed by atoms with Crippen LogP contribution in [-0.4, -0.2) is 51.1 Å². The average Bonchev–Trinajstić information content (AvgIpc) is 2.51. The van der Waals surface area contributed by atoms with Crippen molar-refractivity contribution < 1.29 is 22.7 Å². The van der Waals surface area contributed by atoms with Crippen LogP contribution in [0, 0.1) is 5.92 Å². The first-order valence-corrected chi connectivity index (χ1v) is 9.41. The zero-order valence-corrected chi connectivity index (χ0v) is 14.1. The monoisotopic (exact) mass is 339 g/mol. The Morgan fingerprint density at radius 3 is 2.48 bits per heavy atom. The molecule has 1 saturated heterocycles. The first-order valence-electron chi connectivity index (χ1n) is 7.52. The van der Waals surface area contributed by atoms with E-state index in [2.05, 4.69) is 6.92 Å². The molecular formula is C16H21NO5S. The Morgan fingerprint density at radius 2 is 1.91 bits per heavy atom. The molecule has 1 aromatic carbocycles. The predicted octanol–water partition coefficient (Wildman–Crippen LogP) is 1.51. The maximum absolute atomic E-state index is 12.0. The van der Waals surface area contributed by atoms with Gasteiger partial charge in [0.2, 0.25) is 0 Å². The van der Waals surface area contributed by atoms with Gasteiger partial charge < -0.3 is 9.64 Å². The van der Waals surface area contributed by atoms with Gasteiger partial charge >= 0.3 is 5.97 Å². The molecule has 7 heteroatoms. The van der Waals surface area contributed by atoms with Gasteiger partial charge in [0, 0.05) is 19.3 Å². The Morgan fingerprint density at radius 1 is 1.26 bits per heavy atom. The van der Waals surface area contributed by atoms with Crippen LogP contribution in [0.5, 0.6) is 0 Å². The summed E-state index contributed by atoms with van der Waals surface area (Å²) in [4.78, 5) is 25.8. The molecular weight excluding hydrogens is 318 g/mol. The fourth-order valence-electron chi connectivity index (χ4n) is 2.56. The fraction of sp³-hybridized carbons (Fsp3) is 0.500. The molecule has 0 aromatic heterocycles. The third kappa shape index (κ3) is 4.79. The summed E-state index contributed by atoms with van der Waals surface area (Å²) in [7, 11) is -3.30. The van der Waals surface area contributed by atoms with Crippen LogP contribution in [-0.2, 0) is 19.4 Å². The molecule has 23 heavy (non-hydrogen) atoms. The first kappa shape index (κ1) is 17.5. The third-order valence-corrected chi connectivity index (χ3v) is 4.98. The Bertz CT molecular complexity index is 681. The molecule has 1 atom stereocenters. The van der Waals surface area contributed by atoms with E-state index in [-0.39, 0.29) is 23.0 Å². The molecule has 6 nitrogen and oxygen atoms in total. The molecule has 1 aliphatic heterocycles. The summed E-state index contributed by atoms with van der Waals surface area (Å²) in [6.07, 6.45) is 3.17. The second kappa shape index (κ2) is 7.12. The van der Waals surface area contributed by atoms with E-state index in [9.17, 15) is 18.0 Å². The van der Waals surface area contributed by atoms with Crippen LogP contribution in [0.1, 0.15) is 30.1 Å². The SMILES string of the molecule is CC1CCCN(C(=O)COC(=O)c2ccc(S(C)(=O)=O)cc2)C1. The lowest BCUT2D eigenvalue weighted by Crippen LogP contribution is -2.41. The van der Waals surface area contributed by atoms with Gasteiger partial charge in [0.15, 0.2) is 16.4 Å². The van der Waals surface area contributed by atoms with E-state index in [0.717, 1.165) is 19.1 Å². The summed E-state index contributed by atoms with van der Waals surface area (Å²) in [5.74, 6) is -0.368. The molecule has 0 aliphatic carbocycles. The third-order valence-electron chi connectivity index (χ3n) is 3.85. The number of hydrogen-bond donors (Lipinski definition) is 0. The zero-order valence-electron chi connectivity index (χ0n) is 13.3. The molecule has 0 radical (unpaired) electrons. The Hall–Kier alpha value is -1.89. The fourth-order valence-corrected chi connectivity index (χ4v) is 3.19. The number of hydrogen-bond acceptors (Lipinski definition) is 5. The van der Waals surface area contributed by atoms with Crippen molar-refractivity contribution >= 4 is 21.7 Å². The zero-order chi connectivity index (χ0) is 17.0. The number of piperidine rings is 1. The van der Waals surface area contributed by atoms with Crippen LogP contribution in [0.25, 0.3) is 0 Å². The standard InChI is InChI=1S/C16H21NO5S/c1-12-4-3-9-17(10-12)15(18)11-22-16(19)13-5-7-14(8-6-13)23(2,20)21/h5-8,12H,3-4,9-11H2,1-2H3. The minimum absolute atomic E-state index is 0.132. The minimum Gasteiger partial charge on any atom is -0.452 e. The average molecular weight is 339 g/mol. The van der Waals surface area contributed by atoms with Gasteiger partial charge in [0.05, 0.1) is 10.5 Å². The van der Waals surface area contributed by atoms with Crippen molar-refractivity contribution in [3.63, 3.8) is 0 Å². The number of amides is 1. The van der Waals surface area contributed by atoms with E-state index in [4.69, 9.17) is 4.74 Å². The molecule has 1 aromatic rings. The van der Waals surface area contributed by atoms with Crippen molar-refractivity contribution in [2.75, 3.05) is 26.0 Å². The molecule has 1 fully saturated rings. The smallest absolute Gasteiger partial charge is 0.338 e. The van der Waals surface area contributed by atoms with E-state index in [1.165, 1.54) is 24.3 Å². The van der Waals surface area contributed by atoms with Crippen molar-refractivity contribution in [2.24, 2.45) is 5.92 Å². The molecule has 126 valence electrons. The molecule has 1 heterocycles. The first-order chi connectivity index (χ1) is 10.8. The van der Waals surface area contributed by atoms with Crippen molar-refractivity contribution in [1.82, 2.24) is 4.90 Å². The Balaban J connectivity index is 1.90. The molecule has 0 spiro atoms. The predicted molar refractivity (Wildman–Crippen MR) is 84.8 cm³/mol.